The van der Waals surface area contributed by atoms with Crippen LogP contribution >= 0.6 is 0 Å². The molecular weight excluding hydrogens is 418 g/mol. The van der Waals surface area contributed by atoms with E-state index >= 15 is 0 Å². The van der Waals surface area contributed by atoms with Crippen molar-refractivity contribution in [3.8, 4) is 0 Å². The van der Waals surface area contributed by atoms with Gasteiger partial charge in [-0.1, -0.05) is 0 Å². The summed E-state index contributed by atoms with van der Waals surface area (Å²) in [5.74, 6) is -5.42. The Morgan fingerprint density at radius 2 is 1.45 bits per heavy atom. The third-order valence-corrected chi connectivity index (χ3v) is 3.86. The highest BCUT2D eigenvalue weighted by molar-refractivity contribution is 5.93. The van der Waals surface area contributed by atoms with Crippen LogP contribution < -0.4 is 33.2 Å². The second-order valence-electron chi connectivity index (χ2n) is 6.35. The number of nitrogens with one attached hydrogen (secondary N) is 3. The molecule has 3 atom stereocenters. The first-order valence-corrected chi connectivity index (χ1v) is 9.22. The van der Waals surface area contributed by atoms with Gasteiger partial charge in [0.25, 0.3) is 0 Å². The Labute approximate surface area is 177 Å². The van der Waals surface area contributed by atoms with Crippen LogP contribution in [-0.2, 0) is 24.0 Å². The molecule has 0 aliphatic heterocycles. The predicted octanol–water partition coefficient (Wildman–Crippen LogP) is -4.61. The molecule has 0 fully saturated rings. The van der Waals surface area contributed by atoms with Crippen LogP contribution in [0, 0.1) is 0 Å². The van der Waals surface area contributed by atoms with Crippen molar-refractivity contribution in [1.82, 2.24) is 16.0 Å². The Morgan fingerprint density at radius 3 is 1.94 bits per heavy atom. The standard InChI is InChI=1S/C16H29N7O8/c17-6-11(25)21-10(7-24)14(29)22-8(2-1-5-20-16(18)19)13(28)23-9(15(30)31)3-4-12(26)27/h8-10,24H,1-7,17H2,(H,21,25)(H,22,29)(H,23,28)(H,26,27)(H,30,31)(H4,18,19,20). The maximum atomic E-state index is 12.6. The van der Waals surface area contributed by atoms with Crippen LogP contribution in [0.3, 0.4) is 0 Å². The van der Waals surface area contributed by atoms with Gasteiger partial charge in [0.05, 0.1) is 13.2 Å². The molecule has 0 heterocycles. The molecular formula is C16H29N7O8. The van der Waals surface area contributed by atoms with Gasteiger partial charge in [-0.2, -0.15) is 0 Å². The number of nitrogens with two attached hydrogens (primary N) is 3. The van der Waals surface area contributed by atoms with E-state index in [0.717, 1.165) is 0 Å². The molecule has 0 aliphatic carbocycles. The summed E-state index contributed by atoms with van der Waals surface area (Å²) in [5.41, 5.74) is 15.6. The van der Waals surface area contributed by atoms with Crippen molar-refractivity contribution >= 4 is 35.6 Å². The number of carbonyl (C=O) groups is 5. The van der Waals surface area contributed by atoms with Crippen molar-refractivity contribution < 1.29 is 39.3 Å². The minimum absolute atomic E-state index is 0.0252. The van der Waals surface area contributed by atoms with Crippen LogP contribution in [0.5, 0.6) is 0 Å². The lowest BCUT2D eigenvalue weighted by Crippen LogP contribution is -2.57. The average molecular weight is 447 g/mol. The number of aliphatic hydroxyl groups excluding tert-OH is 1. The van der Waals surface area contributed by atoms with Gasteiger partial charge in [0.15, 0.2) is 5.96 Å². The number of rotatable bonds is 15. The van der Waals surface area contributed by atoms with Crippen molar-refractivity contribution in [1.29, 1.82) is 0 Å². The summed E-state index contributed by atoms with van der Waals surface area (Å²) in [7, 11) is 0. The highest BCUT2D eigenvalue weighted by Crippen LogP contribution is 2.04. The molecule has 15 nitrogen and oxygen atoms in total. The summed E-state index contributed by atoms with van der Waals surface area (Å²) in [6.45, 7) is -1.11. The Kier molecular flexibility index (Phi) is 12.9. The van der Waals surface area contributed by atoms with Gasteiger partial charge in [0, 0.05) is 13.0 Å². The largest absolute Gasteiger partial charge is 0.481 e. The molecule has 0 spiro atoms. The lowest BCUT2D eigenvalue weighted by Gasteiger charge is -2.23. The molecule has 0 aromatic heterocycles. The Hall–Kier alpha value is -3.46. The molecule has 0 radical (unpaired) electrons. The van der Waals surface area contributed by atoms with Gasteiger partial charge in [-0.15, -0.1) is 0 Å². The Bertz CT molecular complexity index is 681. The summed E-state index contributed by atoms with van der Waals surface area (Å²) in [6.07, 6.45) is -0.696. The van der Waals surface area contributed by atoms with Crippen LogP contribution in [-0.4, -0.2) is 88.8 Å². The number of carboxylic acid groups (broad SMARTS) is 2. The van der Waals surface area contributed by atoms with E-state index < -0.39 is 67.4 Å². The number of aliphatic carboxylic acids is 2. The number of hydrogen-bond acceptors (Lipinski definition) is 8. The summed E-state index contributed by atoms with van der Waals surface area (Å²) >= 11 is 0. The van der Waals surface area contributed by atoms with Crippen LogP contribution in [0.4, 0.5) is 0 Å². The summed E-state index contributed by atoms with van der Waals surface area (Å²) in [4.78, 5) is 62.0. The van der Waals surface area contributed by atoms with E-state index in [0.29, 0.717) is 0 Å². The topological polar surface area (TPSA) is 273 Å². The number of hydrogen-bond donors (Lipinski definition) is 9. The molecule has 0 aliphatic rings. The van der Waals surface area contributed by atoms with Crippen molar-refractivity contribution in [2.24, 2.45) is 22.2 Å². The zero-order chi connectivity index (χ0) is 24.0. The number of aliphatic hydroxyl groups is 1. The quantitative estimate of drug-likeness (QED) is 0.0654. The molecule has 0 aromatic carbocycles. The van der Waals surface area contributed by atoms with Crippen LogP contribution in [0.1, 0.15) is 25.7 Å². The first-order valence-electron chi connectivity index (χ1n) is 9.22. The Balaban J connectivity index is 5.31. The van der Waals surface area contributed by atoms with E-state index in [9.17, 15) is 34.2 Å². The second kappa shape index (κ2) is 14.5. The minimum atomic E-state index is -1.51. The summed E-state index contributed by atoms with van der Waals surface area (Å²) < 4.78 is 0. The van der Waals surface area contributed by atoms with Crippen LogP contribution in [0.25, 0.3) is 0 Å². The SMILES string of the molecule is NCC(=O)NC(CO)C(=O)NC(CCCN=C(N)N)C(=O)NC(CCC(=O)O)C(=O)O. The third kappa shape index (κ3) is 12.0. The zero-order valence-corrected chi connectivity index (χ0v) is 16.7. The molecule has 31 heavy (non-hydrogen) atoms. The number of amides is 3. The van der Waals surface area contributed by atoms with E-state index in [4.69, 9.17) is 22.3 Å². The molecule has 0 bridgehead atoms. The third-order valence-electron chi connectivity index (χ3n) is 3.86. The van der Waals surface area contributed by atoms with E-state index in [1.165, 1.54) is 0 Å². The highest BCUT2D eigenvalue weighted by atomic mass is 16.4. The lowest BCUT2D eigenvalue weighted by molar-refractivity contribution is -0.143. The first kappa shape index (κ1) is 27.5. The molecule has 3 unspecified atom stereocenters. The molecule has 3 amide bonds. The number of nitrogens with zero attached hydrogens (tertiary/aromatic N) is 1. The molecule has 0 saturated carbocycles. The van der Waals surface area contributed by atoms with Gasteiger partial charge in [0.2, 0.25) is 17.7 Å². The van der Waals surface area contributed by atoms with Gasteiger partial charge in [-0.05, 0) is 19.3 Å². The van der Waals surface area contributed by atoms with Gasteiger partial charge < -0.3 is 48.5 Å². The van der Waals surface area contributed by atoms with Gasteiger partial charge >= 0.3 is 11.9 Å². The van der Waals surface area contributed by atoms with Crippen LogP contribution in [0.2, 0.25) is 0 Å². The number of carboxylic acids is 2. The number of carbonyl (C=O) groups excluding carboxylic acids is 3. The maximum Gasteiger partial charge on any atom is 0.326 e. The molecule has 0 rings (SSSR count). The number of guanidine groups is 1. The minimum Gasteiger partial charge on any atom is -0.481 e. The van der Waals surface area contributed by atoms with Gasteiger partial charge in [-0.25, -0.2) is 4.79 Å². The van der Waals surface area contributed by atoms with Gasteiger partial charge in [-0.3, -0.25) is 24.2 Å². The van der Waals surface area contributed by atoms with Gasteiger partial charge in [0.1, 0.15) is 18.1 Å². The van der Waals surface area contributed by atoms with E-state index in [1.807, 2.05) is 0 Å². The fraction of sp³-hybridized carbons (Fsp3) is 0.625. The fourth-order valence-electron chi connectivity index (χ4n) is 2.29. The van der Waals surface area contributed by atoms with Crippen LogP contribution in [0.15, 0.2) is 4.99 Å². The average Bonchev–Trinajstić information content (AvgIpc) is 2.70. The van der Waals surface area contributed by atoms with Crippen molar-refractivity contribution in [2.75, 3.05) is 19.7 Å². The van der Waals surface area contributed by atoms with Crippen molar-refractivity contribution in [2.45, 2.75) is 43.8 Å². The maximum absolute atomic E-state index is 12.6. The van der Waals surface area contributed by atoms with E-state index in [-0.39, 0.29) is 31.8 Å². The highest BCUT2D eigenvalue weighted by Gasteiger charge is 2.29. The summed E-state index contributed by atoms with van der Waals surface area (Å²) in [6, 6.07) is -4.19. The monoisotopic (exact) mass is 447 g/mol. The zero-order valence-electron chi connectivity index (χ0n) is 16.7. The van der Waals surface area contributed by atoms with E-state index in [1.54, 1.807) is 0 Å². The van der Waals surface area contributed by atoms with Crippen molar-refractivity contribution in [3.05, 3.63) is 0 Å². The van der Waals surface area contributed by atoms with Crippen molar-refractivity contribution in [3.63, 3.8) is 0 Å². The molecule has 12 N–H and O–H groups in total. The molecule has 0 aromatic rings. The molecule has 15 heteroatoms. The lowest BCUT2D eigenvalue weighted by atomic mass is 10.1. The second-order valence-corrected chi connectivity index (χ2v) is 6.35. The summed E-state index contributed by atoms with van der Waals surface area (Å²) in [5, 5.41) is 33.9. The van der Waals surface area contributed by atoms with E-state index in [2.05, 4.69) is 20.9 Å². The fourth-order valence-corrected chi connectivity index (χ4v) is 2.29. The molecule has 0 saturated heterocycles. The Morgan fingerprint density at radius 1 is 0.871 bits per heavy atom. The predicted molar refractivity (Wildman–Crippen MR) is 106 cm³/mol. The number of aliphatic imine (C=N–C) groups is 1. The normalized spacial score (nSPS) is 13.2. The first-order chi connectivity index (χ1) is 14.5. The molecule has 176 valence electrons. The smallest absolute Gasteiger partial charge is 0.326 e.